The number of ether oxygens (including phenoxy) is 5. The average molecular weight is 957 g/mol. The molecule has 10 rings (SSSR count). The Morgan fingerprint density at radius 3 is 1.73 bits per heavy atom. The first-order valence-corrected chi connectivity index (χ1v) is 25.3. The molecule has 0 unspecified atom stereocenters. The minimum atomic E-state index is -0.531. The topological polar surface area (TPSA) is 194 Å². The van der Waals surface area contributed by atoms with Gasteiger partial charge in [0.2, 0.25) is 31.9 Å². The second-order valence-corrected chi connectivity index (χ2v) is 21.1. The molecule has 67 heavy (non-hydrogen) atoms. The highest BCUT2D eigenvalue weighted by molar-refractivity contribution is 7.20. The number of imidazole rings is 2. The molecular weight excluding hydrogens is 893 g/mol. The number of aromatic nitrogens is 8. The third-order valence-corrected chi connectivity index (χ3v) is 14.6. The standard InChI is InChI=1S/C26H36N6O4S.C21H28N6O2S/c1-7-34-22-16(8-9-18(28-22)15(2)3)20-12-27-23-32(20)30-24(37-23)31-13-17-19(10-11-35-21(17)14-31)29-25(33)36-26(4,5)6;1-4-28-19-13(5-6-16(24-19)12(2)3)17-9-23-20-27(17)25-21(30-20)26-10-14-15(22)7-8-29-18(14)11-26/h8-9,12,15,17,19,21H,7,10-11,13-14H2,1-6H3,(H,29,33);5-6,9,12,14-15,18H,4,7-8,10-11,22H2,1-3H3/t17-,19+,21-;14-,15+,18-/m11/s1. The number of alkyl carbamates (subject to hydrolysis) is 1. The summed E-state index contributed by atoms with van der Waals surface area (Å²) in [6, 6.07) is 8.40. The summed E-state index contributed by atoms with van der Waals surface area (Å²) in [4.78, 5) is 37.3. The molecule has 4 aliphatic rings. The molecular formula is C47H64N12O6S2. The summed E-state index contributed by atoms with van der Waals surface area (Å²) in [5, 5.41) is 14.7. The molecule has 0 bridgehead atoms. The maximum Gasteiger partial charge on any atom is 0.407 e. The monoisotopic (exact) mass is 956 g/mol. The molecule has 6 aromatic rings. The number of fused-ring (bicyclic) bond motifs is 4. The average Bonchev–Trinajstić information content (AvgIpc) is 4.14. The molecule has 4 saturated heterocycles. The second kappa shape index (κ2) is 19.5. The number of rotatable bonds is 11. The Kier molecular flexibility index (Phi) is 13.6. The number of nitrogens with two attached hydrogens (primary N) is 1. The molecule has 1 amide bonds. The zero-order valence-electron chi connectivity index (χ0n) is 40.0. The molecule has 3 N–H and O–H groups in total. The quantitative estimate of drug-likeness (QED) is 0.130. The minimum absolute atomic E-state index is 0.00231. The van der Waals surface area contributed by atoms with Crippen LogP contribution in [0.25, 0.3) is 32.4 Å². The lowest BCUT2D eigenvalue weighted by atomic mass is 9.92. The number of carbonyl (C=O) groups is 1. The zero-order valence-corrected chi connectivity index (χ0v) is 41.6. The smallest absolute Gasteiger partial charge is 0.407 e. The van der Waals surface area contributed by atoms with Crippen LogP contribution in [-0.4, -0.2) is 128 Å². The Hall–Kier alpha value is -5.15. The molecule has 0 aromatic carbocycles. The van der Waals surface area contributed by atoms with Crippen LogP contribution >= 0.6 is 22.7 Å². The Morgan fingerprint density at radius 1 is 0.761 bits per heavy atom. The zero-order chi connectivity index (χ0) is 47.1. The number of nitrogens with one attached hydrogen (secondary N) is 1. The van der Waals surface area contributed by atoms with Crippen molar-refractivity contribution in [2.75, 3.05) is 62.4 Å². The third-order valence-electron chi connectivity index (χ3n) is 12.7. The van der Waals surface area contributed by atoms with Crippen molar-refractivity contribution in [2.24, 2.45) is 17.6 Å². The van der Waals surface area contributed by atoms with Gasteiger partial charge in [0, 0.05) is 74.7 Å². The maximum absolute atomic E-state index is 12.4. The molecule has 6 aromatic heterocycles. The van der Waals surface area contributed by atoms with Gasteiger partial charge < -0.3 is 44.5 Å². The van der Waals surface area contributed by atoms with Gasteiger partial charge >= 0.3 is 6.09 Å². The lowest BCUT2D eigenvalue weighted by molar-refractivity contribution is -0.0200. The van der Waals surface area contributed by atoms with Crippen LogP contribution in [0.3, 0.4) is 0 Å². The Morgan fingerprint density at radius 2 is 1.25 bits per heavy atom. The molecule has 18 nitrogen and oxygen atoms in total. The molecule has 0 radical (unpaired) electrons. The van der Waals surface area contributed by atoms with E-state index < -0.39 is 5.60 Å². The fourth-order valence-corrected chi connectivity index (χ4v) is 11.0. The number of anilines is 2. The lowest BCUT2D eigenvalue weighted by Crippen LogP contribution is -2.50. The number of hydrogen-bond acceptors (Lipinski definition) is 17. The van der Waals surface area contributed by atoms with Gasteiger partial charge in [0.25, 0.3) is 0 Å². The number of nitrogens with zero attached hydrogens (tertiary/aromatic N) is 10. The first-order valence-electron chi connectivity index (χ1n) is 23.6. The van der Waals surface area contributed by atoms with Gasteiger partial charge in [-0.3, -0.25) is 0 Å². The van der Waals surface area contributed by atoms with E-state index in [4.69, 9.17) is 49.6 Å². The van der Waals surface area contributed by atoms with Crippen molar-refractivity contribution in [3.8, 4) is 34.3 Å². The van der Waals surface area contributed by atoms with E-state index in [1.165, 1.54) is 0 Å². The van der Waals surface area contributed by atoms with Crippen molar-refractivity contribution in [1.29, 1.82) is 0 Å². The summed E-state index contributed by atoms with van der Waals surface area (Å²) < 4.78 is 33.1. The highest BCUT2D eigenvalue weighted by atomic mass is 32.1. The third kappa shape index (κ3) is 9.91. The summed E-state index contributed by atoms with van der Waals surface area (Å²) >= 11 is 3.14. The van der Waals surface area contributed by atoms with Crippen LogP contribution in [0.4, 0.5) is 15.1 Å². The molecule has 0 aliphatic carbocycles. The predicted molar refractivity (Wildman–Crippen MR) is 260 cm³/mol. The SMILES string of the molecule is CCOc1nc(C(C)C)ccc1-c1cnc2sc(N3C[C@@H]4[C@@H](N)CCO[C@@H]4C3)nn12.CCOc1nc(C(C)C)ccc1-c1cnc2sc(N3C[C@@H]4[C@@H](NC(=O)OC(C)(C)C)CCO[C@@H]4C3)nn12. The van der Waals surface area contributed by atoms with Gasteiger partial charge in [-0.25, -0.2) is 33.8 Å². The van der Waals surface area contributed by atoms with Gasteiger partial charge in [-0.2, -0.15) is 0 Å². The Bertz CT molecular complexity index is 2670. The Balaban J connectivity index is 0.000000171. The van der Waals surface area contributed by atoms with Crippen LogP contribution in [0, 0.1) is 11.8 Å². The molecule has 10 heterocycles. The first-order chi connectivity index (χ1) is 32.2. The van der Waals surface area contributed by atoms with Gasteiger partial charge in [-0.05, 0) is 83.6 Å². The van der Waals surface area contributed by atoms with Crippen molar-refractivity contribution in [3.05, 3.63) is 48.0 Å². The van der Waals surface area contributed by atoms with E-state index in [1.807, 2.05) is 68.2 Å². The van der Waals surface area contributed by atoms with E-state index in [-0.39, 0.29) is 36.3 Å². The highest BCUT2D eigenvalue weighted by Crippen LogP contribution is 2.39. The summed E-state index contributed by atoms with van der Waals surface area (Å²) in [6.07, 6.45) is 5.21. The molecule has 4 fully saturated rings. The van der Waals surface area contributed by atoms with Gasteiger partial charge in [0.15, 0.2) is 0 Å². The van der Waals surface area contributed by atoms with Crippen LogP contribution in [0.2, 0.25) is 0 Å². The normalized spacial score (nSPS) is 22.9. The van der Waals surface area contributed by atoms with Crippen LogP contribution < -0.4 is 30.3 Å². The number of hydrogen-bond donors (Lipinski definition) is 2. The lowest BCUT2D eigenvalue weighted by Gasteiger charge is -2.33. The van der Waals surface area contributed by atoms with Crippen molar-refractivity contribution >= 4 is 49.0 Å². The Labute approximate surface area is 399 Å². The van der Waals surface area contributed by atoms with Crippen LogP contribution in [0.15, 0.2) is 36.7 Å². The molecule has 0 saturated carbocycles. The van der Waals surface area contributed by atoms with Crippen LogP contribution in [-0.2, 0) is 14.2 Å². The van der Waals surface area contributed by atoms with E-state index in [0.717, 1.165) is 99.7 Å². The van der Waals surface area contributed by atoms with Gasteiger partial charge in [-0.1, -0.05) is 50.4 Å². The van der Waals surface area contributed by atoms with E-state index in [9.17, 15) is 4.79 Å². The maximum atomic E-state index is 12.4. The molecule has 4 aliphatic heterocycles. The van der Waals surface area contributed by atoms with E-state index in [1.54, 1.807) is 22.7 Å². The summed E-state index contributed by atoms with van der Waals surface area (Å²) in [5.74, 6) is 2.40. The fourth-order valence-electron chi connectivity index (χ4n) is 9.25. The van der Waals surface area contributed by atoms with Crippen molar-refractivity contribution in [3.63, 3.8) is 0 Å². The van der Waals surface area contributed by atoms with Crippen molar-refractivity contribution in [1.82, 2.24) is 44.5 Å². The molecule has 0 spiro atoms. The van der Waals surface area contributed by atoms with E-state index in [2.05, 4.69) is 64.9 Å². The first kappa shape index (κ1) is 46.9. The largest absolute Gasteiger partial charge is 0.477 e. The second-order valence-electron chi connectivity index (χ2n) is 19.2. The van der Waals surface area contributed by atoms with Crippen LogP contribution in [0.1, 0.15) is 98.4 Å². The molecule has 360 valence electrons. The number of carbonyl (C=O) groups excluding carboxylic acids is 1. The molecule has 20 heteroatoms. The number of amides is 1. The predicted octanol–water partition coefficient (Wildman–Crippen LogP) is 7.42. The fraction of sp³-hybridized carbons (Fsp3) is 0.596. The summed E-state index contributed by atoms with van der Waals surface area (Å²) in [6.45, 7) is 23.7. The van der Waals surface area contributed by atoms with Crippen LogP contribution in [0.5, 0.6) is 11.8 Å². The van der Waals surface area contributed by atoms with E-state index in [0.29, 0.717) is 49.3 Å². The summed E-state index contributed by atoms with van der Waals surface area (Å²) in [7, 11) is 0. The summed E-state index contributed by atoms with van der Waals surface area (Å²) in [5.41, 5.74) is 11.3. The minimum Gasteiger partial charge on any atom is -0.477 e. The van der Waals surface area contributed by atoms with Crippen molar-refractivity contribution in [2.45, 2.75) is 117 Å². The number of pyridine rings is 2. The highest BCUT2D eigenvalue weighted by Gasteiger charge is 2.44. The van der Waals surface area contributed by atoms with E-state index >= 15 is 0 Å². The van der Waals surface area contributed by atoms with Gasteiger partial charge in [-0.15, -0.1) is 10.2 Å². The van der Waals surface area contributed by atoms with Gasteiger partial charge in [0.05, 0.1) is 60.3 Å². The molecule has 6 atom stereocenters. The van der Waals surface area contributed by atoms with Crippen molar-refractivity contribution < 1.29 is 28.5 Å². The van der Waals surface area contributed by atoms with Gasteiger partial charge in [0.1, 0.15) is 5.60 Å².